The monoisotopic (exact) mass is 601 g/mol. The number of alkyl halides is 3. The Morgan fingerprint density at radius 1 is 0.976 bits per heavy atom. The Kier molecular flexibility index (Phi) is 8.06. The molecule has 4 aromatic rings. The van der Waals surface area contributed by atoms with Crippen LogP contribution in [-0.4, -0.2) is 77.4 Å². The summed E-state index contributed by atoms with van der Waals surface area (Å²) in [4.78, 5) is 16.0. The molecule has 1 aromatic carbocycles. The van der Waals surface area contributed by atoms with E-state index in [4.69, 9.17) is 4.74 Å². The van der Waals surface area contributed by atoms with E-state index in [1.54, 1.807) is 6.20 Å². The average Bonchev–Trinajstić information content (AvgIpc) is 3.46. The minimum Gasteiger partial charge on any atom is -0.493 e. The summed E-state index contributed by atoms with van der Waals surface area (Å²) in [5.41, 5.74) is 2.88. The number of aromatic nitrogens is 3. The van der Waals surface area contributed by atoms with Gasteiger partial charge in [0.25, 0.3) is 0 Å². The Morgan fingerprint density at radius 2 is 1.74 bits per heavy atom. The molecule has 2 fully saturated rings. The molecule has 0 aliphatic carbocycles. The minimum atomic E-state index is -4.75. The number of benzene rings is 1. The Balaban J connectivity index is 1.09. The third-order valence-corrected chi connectivity index (χ3v) is 8.82. The number of rotatable bonds is 5. The van der Waals surface area contributed by atoms with Gasteiger partial charge in [0, 0.05) is 55.3 Å². The second-order valence-electron chi connectivity index (χ2n) is 10.7. The number of fused-ring (bicyclic) bond motifs is 3. The maximum absolute atomic E-state index is 12.5. The largest absolute Gasteiger partial charge is 0.573 e. The van der Waals surface area contributed by atoms with Crippen molar-refractivity contribution in [2.75, 3.05) is 32.8 Å². The van der Waals surface area contributed by atoms with Crippen LogP contribution in [0.2, 0.25) is 0 Å². The molecule has 1 atom stereocenters. The summed E-state index contributed by atoms with van der Waals surface area (Å²) in [6.45, 7) is 2.71. The molecule has 1 N–H and O–H groups in total. The lowest BCUT2D eigenvalue weighted by atomic mass is 9.87. The molecule has 6 rings (SSSR count). The van der Waals surface area contributed by atoms with Crippen molar-refractivity contribution >= 4 is 37.3 Å². The van der Waals surface area contributed by atoms with E-state index < -0.39 is 16.7 Å². The van der Waals surface area contributed by atoms with Crippen molar-refractivity contribution < 1.29 is 31.1 Å². The number of halogens is 3. The van der Waals surface area contributed by atoms with Crippen LogP contribution in [-0.2, 0) is 10.3 Å². The highest BCUT2D eigenvalue weighted by Crippen LogP contribution is 2.36. The number of hydrogen-bond donors (Lipinski definition) is 1. The number of H-pyrrole nitrogens is 1. The van der Waals surface area contributed by atoms with Gasteiger partial charge in [-0.3, -0.25) is 14.8 Å². The lowest BCUT2D eigenvalue weighted by Crippen LogP contribution is -2.51. The van der Waals surface area contributed by atoms with Crippen LogP contribution in [0, 0.1) is 5.92 Å². The molecule has 0 spiro atoms. The van der Waals surface area contributed by atoms with Crippen LogP contribution in [0.3, 0.4) is 0 Å². The number of piperidine rings is 2. The molecule has 0 saturated carbocycles. The summed E-state index contributed by atoms with van der Waals surface area (Å²) in [6.07, 6.45) is 4.02. The molecule has 5 heterocycles. The van der Waals surface area contributed by atoms with Gasteiger partial charge in [-0.05, 0) is 73.6 Å². The topological polar surface area (TPSA) is 101 Å². The van der Waals surface area contributed by atoms with Gasteiger partial charge in [0.1, 0.15) is 17.1 Å². The first-order valence-electron chi connectivity index (χ1n) is 13.9. The van der Waals surface area contributed by atoms with E-state index in [9.17, 15) is 21.6 Å². The van der Waals surface area contributed by atoms with E-state index in [0.717, 1.165) is 47.6 Å². The van der Waals surface area contributed by atoms with Gasteiger partial charge < -0.3 is 14.5 Å². The summed E-state index contributed by atoms with van der Waals surface area (Å²) >= 11 is 0. The highest BCUT2D eigenvalue weighted by Gasteiger charge is 2.33. The van der Waals surface area contributed by atoms with E-state index in [-0.39, 0.29) is 17.6 Å². The molecule has 222 valence electrons. The fourth-order valence-corrected chi connectivity index (χ4v) is 6.91. The summed E-state index contributed by atoms with van der Waals surface area (Å²) in [6, 6.07) is 9.36. The van der Waals surface area contributed by atoms with Gasteiger partial charge in [-0.25, -0.2) is 4.98 Å². The third-order valence-electron chi connectivity index (χ3n) is 8.01. The van der Waals surface area contributed by atoms with Crippen molar-refractivity contribution in [1.82, 2.24) is 24.8 Å². The molecule has 2 saturated heterocycles. The van der Waals surface area contributed by atoms with Gasteiger partial charge in [0.15, 0.2) is 5.11 Å². The molecular formula is C29H30F3N5O4S. The third kappa shape index (κ3) is 6.22. The van der Waals surface area contributed by atoms with E-state index in [2.05, 4.69) is 25.8 Å². The van der Waals surface area contributed by atoms with Crippen LogP contribution in [0.1, 0.15) is 37.2 Å². The van der Waals surface area contributed by atoms with Crippen LogP contribution in [0.4, 0.5) is 13.2 Å². The number of nitrogens with zero attached hydrogens (tertiary/aromatic N) is 4. The lowest BCUT2D eigenvalue weighted by molar-refractivity contribution is -0.274. The standard InChI is InChI=1S/C29H30F3N5O4S/c30-29(31,32)41-22-5-3-21(4-6-22)40-18-19-2-1-13-37(17-19)28(42(38)39)36-14-9-20(10-15-36)23-7-11-33-25-16-35-27-24(26(23)25)8-12-34-27/h3-8,11-12,16,19-20H,1-2,9-10,13-15,17-18H2,(H,34,35). The van der Waals surface area contributed by atoms with E-state index in [1.165, 1.54) is 29.8 Å². The summed E-state index contributed by atoms with van der Waals surface area (Å²) in [5.74, 6) is 0.452. The van der Waals surface area contributed by atoms with Crippen LogP contribution in [0.5, 0.6) is 11.5 Å². The maximum atomic E-state index is 12.5. The number of nitrogens with one attached hydrogen (secondary N) is 1. The molecule has 0 radical (unpaired) electrons. The Morgan fingerprint density at radius 3 is 2.48 bits per heavy atom. The fraction of sp³-hybridized carbons (Fsp3) is 0.414. The number of hydrogen-bond acceptors (Lipinski definition) is 6. The molecular weight excluding hydrogens is 571 g/mol. The average molecular weight is 602 g/mol. The zero-order valence-corrected chi connectivity index (χ0v) is 23.5. The van der Waals surface area contributed by atoms with Gasteiger partial charge in [0.2, 0.25) is 10.3 Å². The minimum absolute atomic E-state index is 0.0708. The second kappa shape index (κ2) is 11.9. The fourth-order valence-electron chi connectivity index (χ4n) is 6.14. The predicted molar refractivity (Wildman–Crippen MR) is 152 cm³/mol. The Labute approximate surface area is 241 Å². The SMILES string of the molecule is O=S(=O)=C(N1CCC(c2ccnc3cnc4[nH]ccc4c23)CC1)N1CCCC(COc2ccc(OC(F)(F)F)cc2)C1. The molecule has 2 aliphatic rings. The number of ether oxygens (including phenoxy) is 2. The molecule has 13 heteroatoms. The van der Waals surface area contributed by atoms with Gasteiger partial charge in [-0.15, -0.1) is 13.2 Å². The van der Waals surface area contributed by atoms with Crippen molar-refractivity contribution in [2.24, 2.45) is 5.92 Å². The van der Waals surface area contributed by atoms with Gasteiger partial charge in [-0.1, -0.05) is 0 Å². The summed E-state index contributed by atoms with van der Waals surface area (Å²) in [5, 5.41) is 2.46. The van der Waals surface area contributed by atoms with Gasteiger partial charge in [-0.2, -0.15) is 8.42 Å². The smallest absolute Gasteiger partial charge is 0.493 e. The molecule has 3 aromatic heterocycles. The van der Waals surface area contributed by atoms with E-state index in [0.29, 0.717) is 43.6 Å². The first-order chi connectivity index (χ1) is 20.2. The molecule has 2 aliphatic heterocycles. The van der Waals surface area contributed by atoms with Gasteiger partial charge >= 0.3 is 6.36 Å². The molecule has 1 unspecified atom stereocenters. The van der Waals surface area contributed by atoms with Gasteiger partial charge in [0.05, 0.1) is 18.3 Å². The normalized spacial score (nSPS) is 19.3. The predicted octanol–water partition coefficient (Wildman–Crippen LogP) is 4.95. The van der Waals surface area contributed by atoms with Crippen molar-refractivity contribution in [3.63, 3.8) is 0 Å². The number of aromatic amines is 1. The lowest BCUT2D eigenvalue weighted by Gasteiger charge is -2.39. The number of likely N-dealkylation sites (tertiary alicyclic amines) is 2. The second-order valence-corrected chi connectivity index (χ2v) is 11.6. The highest BCUT2D eigenvalue weighted by molar-refractivity contribution is 7.72. The maximum Gasteiger partial charge on any atom is 0.573 e. The Hall–Kier alpha value is -3.68. The summed E-state index contributed by atoms with van der Waals surface area (Å²) < 4.78 is 71.9. The van der Waals surface area contributed by atoms with Crippen molar-refractivity contribution in [3.05, 3.63) is 60.6 Å². The highest BCUT2D eigenvalue weighted by atomic mass is 32.2. The summed E-state index contributed by atoms with van der Waals surface area (Å²) in [7, 11) is -2.41. The first-order valence-corrected chi connectivity index (χ1v) is 15.0. The van der Waals surface area contributed by atoms with Crippen LogP contribution in [0.15, 0.2) is 55.0 Å². The van der Waals surface area contributed by atoms with Crippen molar-refractivity contribution in [1.29, 1.82) is 0 Å². The number of pyridine rings is 2. The van der Waals surface area contributed by atoms with E-state index >= 15 is 0 Å². The Bertz CT molecular complexity index is 1690. The van der Waals surface area contributed by atoms with Crippen LogP contribution >= 0.6 is 0 Å². The van der Waals surface area contributed by atoms with Crippen LogP contribution in [0.25, 0.3) is 21.9 Å². The quantitative estimate of drug-likeness (QED) is 0.321. The molecule has 0 amide bonds. The molecule has 0 bridgehead atoms. The zero-order valence-electron chi connectivity index (χ0n) is 22.7. The van der Waals surface area contributed by atoms with Crippen molar-refractivity contribution in [3.8, 4) is 11.5 Å². The van der Waals surface area contributed by atoms with Crippen LogP contribution < -0.4 is 9.47 Å². The molecule has 9 nitrogen and oxygen atoms in total. The van der Waals surface area contributed by atoms with E-state index in [1.807, 2.05) is 28.3 Å². The molecule has 42 heavy (non-hydrogen) atoms. The first kappa shape index (κ1) is 28.4. The van der Waals surface area contributed by atoms with Crippen molar-refractivity contribution in [2.45, 2.75) is 38.0 Å². The zero-order chi connectivity index (χ0) is 29.3.